The standard InChI is InChI=1S/C20H16F3N3O/c1-11-12(2)26-16-9-8-14(20(21,22)23)10-15(16)17(13-6-4-3-5-7-13)25-19(27)18(26)24-11/h3-10,19,27H,1-2H3. The van der Waals surface area contributed by atoms with E-state index < -0.39 is 18.0 Å². The van der Waals surface area contributed by atoms with Crippen molar-refractivity contribution in [3.8, 4) is 5.69 Å². The van der Waals surface area contributed by atoms with E-state index in [1.54, 1.807) is 35.8 Å². The minimum atomic E-state index is -4.48. The third kappa shape index (κ3) is 2.84. The Bertz CT molecular complexity index is 1050. The van der Waals surface area contributed by atoms with Gasteiger partial charge in [-0.2, -0.15) is 13.2 Å². The maximum Gasteiger partial charge on any atom is 0.416 e. The molecule has 1 aromatic heterocycles. The van der Waals surface area contributed by atoms with Gasteiger partial charge in [0.05, 0.1) is 22.7 Å². The minimum absolute atomic E-state index is 0.289. The van der Waals surface area contributed by atoms with Gasteiger partial charge in [-0.15, -0.1) is 0 Å². The molecule has 1 aliphatic heterocycles. The molecule has 27 heavy (non-hydrogen) atoms. The summed E-state index contributed by atoms with van der Waals surface area (Å²) in [5.41, 5.74) is 2.40. The summed E-state index contributed by atoms with van der Waals surface area (Å²) in [6, 6.07) is 12.4. The quantitative estimate of drug-likeness (QED) is 0.691. The monoisotopic (exact) mass is 371 g/mol. The number of aromatic nitrogens is 2. The molecule has 4 rings (SSSR count). The van der Waals surface area contributed by atoms with Crippen LogP contribution in [-0.2, 0) is 6.18 Å². The Hall–Kier alpha value is -2.93. The first-order valence-corrected chi connectivity index (χ1v) is 8.36. The molecule has 0 spiro atoms. The van der Waals surface area contributed by atoms with Gasteiger partial charge in [0, 0.05) is 16.8 Å². The van der Waals surface area contributed by atoms with E-state index >= 15 is 0 Å². The highest BCUT2D eigenvalue weighted by atomic mass is 19.4. The van der Waals surface area contributed by atoms with E-state index in [4.69, 9.17) is 0 Å². The van der Waals surface area contributed by atoms with Gasteiger partial charge < -0.3 is 5.11 Å². The average molecular weight is 371 g/mol. The molecule has 1 aliphatic rings. The van der Waals surface area contributed by atoms with Crippen molar-refractivity contribution in [3.63, 3.8) is 0 Å². The van der Waals surface area contributed by atoms with Gasteiger partial charge in [-0.3, -0.25) is 4.57 Å². The molecule has 4 nitrogen and oxygen atoms in total. The first kappa shape index (κ1) is 17.5. The first-order valence-electron chi connectivity index (χ1n) is 8.36. The molecular weight excluding hydrogens is 355 g/mol. The number of benzene rings is 2. The number of imidazole rings is 1. The number of alkyl halides is 3. The summed E-state index contributed by atoms with van der Waals surface area (Å²) in [6.45, 7) is 3.60. The second-order valence-electron chi connectivity index (χ2n) is 6.42. The van der Waals surface area contributed by atoms with E-state index in [0.717, 1.165) is 17.8 Å². The lowest BCUT2D eigenvalue weighted by atomic mass is 9.98. The van der Waals surface area contributed by atoms with Crippen LogP contribution in [0.3, 0.4) is 0 Å². The fourth-order valence-electron chi connectivity index (χ4n) is 3.29. The number of hydrogen-bond acceptors (Lipinski definition) is 3. The highest BCUT2D eigenvalue weighted by Crippen LogP contribution is 2.36. The number of fused-ring (bicyclic) bond motifs is 3. The normalized spacial score (nSPS) is 16.4. The molecule has 0 saturated heterocycles. The minimum Gasteiger partial charge on any atom is -0.365 e. The summed E-state index contributed by atoms with van der Waals surface area (Å²) in [5.74, 6) is 0.289. The number of halogens is 3. The zero-order chi connectivity index (χ0) is 19.3. The second kappa shape index (κ2) is 6.06. The summed E-state index contributed by atoms with van der Waals surface area (Å²) in [5, 5.41) is 10.6. The highest BCUT2D eigenvalue weighted by molar-refractivity contribution is 6.15. The summed E-state index contributed by atoms with van der Waals surface area (Å²) >= 11 is 0. The van der Waals surface area contributed by atoms with Crippen LogP contribution < -0.4 is 0 Å². The average Bonchev–Trinajstić information content (AvgIpc) is 2.87. The van der Waals surface area contributed by atoms with Crippen LogP contribution in [-0.4, -0.2) is 20.4 Å². The van der Waals surface area contributed by atoms with Crippen LogP contribution in [0.5, 0.6) is 0 Å². The van der Waals surface area contributed by atoms with Crippen molar-refractivity contribution in [1.82, 2.24) is 9.55 Å². The molecule has 138 valence electrons. The Balaban J connectivity index is 2.06. The number of hydrogen-bond donors (Lipinski definition) is 1. The predicted octanol–water partition coefficient (Wildman–Crippen LogP) is 4.35. The van der Waals surface area contributed by atoms with Gasteiger partial charge in [0.25, 0.3) is 0 Å². The van der Waals surface area contributed by atoms with Crippen LogP contribution in [0.2, 0.25) is 0 Å². The van der Waals surface area contributed by atoms with Gasteiger partial charge in [-0.05, 0) is 32.0 Å². The number of nitrogens with zero attached hydrogens (tertiary/aromatic N) is 3. The lowest BCUT2D eigenvalue weighted by Crippen LogP contribution is -2.12. The fraction of sp³-hybridized carbons (Fsp3) is 0.200. The molecule has 3 aromatic rings. The summed E-state index contributed by atoms with van der Waals surface area (Å²) < 4.78 is 41.7. The molecule has 0 fully saturated rings. The van der Waals surface area contributed by atoms with Gasteiger partial charge in [-0.1, -0.05) is 30.3 Å². The predicted molar refractivity (Wildman–Crippen MR) is 95.1 cm³/mol. The molecule has 0 aliphatic carbocycles. The number of aliphatic hydroxyl groups excluding tert-OH is 1. The zero-order valence-electron chi connectivity index (χ0n) is 14.6. The smallest absolute Gasteiger partial charge is 0.365 e. The summed E-state index contributed by atoms with van der Waals surface area (Å²) in [4.78, 5) is 8.70. The van der Waals surface area contributed by atoms with Gasteiger partial charge >= 0.3 is 6.18 Å². The van der Waals surface area contributed by atoms with Crippen molar-refractivity contribution >= 4 is 5.71 Å². The largest absolute Gasteiger partial charge is 0.416 e. The molecule has 1 atom stereocenters. The van der Waals surface area contributed by atoms with Crippen molar-refractivity contribution in [2.75, 3.05) is 0 Å². The second-order valence-corrected chi connectivity index (χ2v) is 6.42. The molecule has 1 N–H and O–H groups in total. The summed E-state index contributed by atoms with van der Waals surface area (Å²) in [6.07, 6.45) is -5.76. The Labute approximate surface area is 153 Å². The van der Waals surface area contributed by atoms with Crippen molar-refractivity contribution in [2.45, 2.75) is 26.3 Å². The van der Waals surface area contributed by atoms with E-state index in [9.17, 15) is 18.3 Å². The lowest BCUT2D eigenvalue weighted by molar-refractivity contribution is -0.137. The lowest BCUT2D eigenvalue weighted by Gasteiger charge is -2.16. The number of aryl methyl sites for hydroxylation is 1. The maximum atomic E-state index is 13.3. The molecular formula is C20H16F3N3O. The SMILES string of the molecule is Cc1nc2n(c1C)-c1ccc(C(F)(F)F)cc1C(c1ccccc1)=NC2O. The van der Waals surface area contributed by atoms with Gasteiger partial charge in [-0.25, -0.2) is 9.98 Å². The van der Waals surface area contributed by atoms with Crippen LogP contribution in [0.15, 0.2) is 53.5 Å². The maximum absolute atomic E-state index is 13.3. The molecule has 0 bridgehead atoms. The molecule has 0 radical (unpaired) electrons. The third-order valence-electron chi connectivity index (χ3n) is 4.72. The van der Waals surface area contributed by atoms with E-state index in [1.165, 1.54) is 6.07 Å². The van der Waals surface area contributed by atoms with E-state index in [-0.39, 0.29) is 5.82 Å². The third-order valence-corrected chi connectivity index (χ3v) is 4.72. The van der Waals surface area contributed by atoms with Gasteiger partial charge in [0.1, 0.15) is 0 Å². The van der Waals surface area contributed by atoms with Crippen LogP contribution >= 0.6 is 0 Å². The van der Waals surface area contributed by atoms with Crippen molar-refractivity contribution in [3.05, 3.63) is 82.4 Å². The summed E-state index contributed by atoms with van der Waals surface area (Å²) in [7, 11) is 0. The molecule has 7 heteroatoms. The van der Waals surface area contributed by atoms with Gasteiger partial charge in [0.15, 0.2) is 5.82 Å². The highest BCUT2D eigenvalue weighted by Gasteiger charge is 2.34. The Kier molecular flexibility index (Phi) is 3.92. The molecule has 2 heterocycles. The Morgan fingerprint density at radius 2 is 1.74 bits per heavy atom. The number of aliphatic hydroxyl groups is 1. The Morgan fingerprint density at radius 3 is 2.41 bits per heavy atom. The van der Waals surface area contributed by atoms with Crippen LogP contribution in [0.4, 0.5) is 13.2 Å². The molecule has 0 saturated carbocycles. The van der Waals surface area contributed by atoms with Crippen molar-refractivity contribution in [1.29, 1.82) is 0 Å². The van der Waals surface area contributed by atoms with Crippen molar-refractivity contribution < 1.29 is 18.3 Å². The number of aliphatic imine (C=N–C) groups is 1. The zero-order valence-corrected chi connectivity index (χ0v) is 14.6. The molecule has 0 amide bonds. The van der Waals surface area contributed by atoms with E-state index in [2.05, 4.69) is 9.98 Å². The van der Waals surface area contributed by atoms with Crippen LogP contribution in [0, 0.1) is 13.8 Å². The van der Waals surface area contributed by atoms with Crippen LogP contribution in [0.1, 0.15) is 40.1 Å². The molecule has 1 unspecified atom stereocenters. The Morgan fingerprint density at radius 1 is 1.04 bits per heavy atom. The first-order chi connectivity index (χ1) is 12.8. The van der Waals surface area contributed by atoms with E-state index in [1.807, 2.05) is 13.0 Å². The van der Waals surface area contributed by atoms with Crippen LogP contribution in [0.25, 0.3) is 5.69 Å². The topological polar surface area (TPSA) is 50.4 Å². The van der Waals surface area contributed by atoms with Crippen molar-refractivity contribution in [2.24, 2.45) is 4.99 Å². The molecule has 2 aromatic carbocycles. The fourth-order valence-corrected chi connectivity index (χ4v) is 3.29. The van der Waals surface area contributed by atoms with Gasteiger partial charge in [0.2, 0.25) is 6.23 Å². The number of rotatable bonds is 1. The van der Waals surface area contributed by atoms with E-state index in [0.29, 0.717) is 28.2 Å².